The maximum atomic E-state index is 12.4. The van der Waals surface area contributed by atoms with E-state index in [9.17, 15) is 24.5 Å². The lowest BCUT2D eigenvalue weighted by Gasteiger charge is -2.14. The number of hydrogen-bond donors (Lipinski definition) is 1. The SMILES string of the molecule is COc1cc([N+](=O)[O-])ccc1NC(=O)c1ccc(N2C(=O)CCC2=O)cc1. The molecular formula is C18H15N3O6. The number of non-ortho nitro benzene ring substituents is 1. The number of rotatable bonds is 5. The number of anilines is 2. The Labute approximate surface area is 153 Å². The Hall–Kier alpha value is -3.75. The summed E-state index contributed by atoms with van der Waals surface area (Å²) in [5.74, 6) is -0.851. The van der Waals surface area contributed by atoms with E-state index in [-0.39, 0.29) is 41.8 Å². The maximum absolute atomic E-state index is 12.4. The molecule has 9 nitrogen and oxygen atoms in total. The highest BCUT2D eigenvalue weighted by Crippen LogP contribution is 2.29. The Balaban J connectivity index is 1.78. The van der Waals surface area contributed by atoms with Crippen LogP contribution in [0, 0.1) is 10.1 Å². The number of benzene rings is 2. The van der Waals surface area contributed by atoms with Crippen LogP contribution in [-0.2, 0) is 9.59 Å². The molecule has 1 fully saturated rings. The van der Waals surface area contributed by atoms with Crippen molar-refractivity contribution < 1.29 is 24.0 Å². The van der Waals surface area contributed by atoms with E-state index in [0.717, 1.165) is 4.90 Å². The second-order valence-corrected chi connectivity index (χ2v) is 5.77. The van der Waals surface area contributed by atoms with Gasteiger partial charge in [0.05, 0.1) is 29.5 Å². The van der Waals surface area contributed by atoms with Crippen molar-refractivity contribution in [1.29, 1.82) is 0 Å². The lowest BCUT2D eigenvalue weighted by Crippen LogP contribution is -2.28. The van der Waals surface area contributed by atoms with Gasteiger partial charge in [-0.2, -0.15) is 0 Å². The van der Waals surface area contributed by atoms with Crippen molar-refractivity contribution >= 4 is 34.8 Å². The summed E-state index contributed by atoms with van der Waals surface area (Å²) >= 11 is 0. The minimum absolute atomic E-state index is 0.155. The molecule has 138 valence electrons. The van der Waals surface area contributed by atoms with Gasteiger partial charge in [0.15, 0.2) is 0 Å². The first-order valence-electron chi connectivity index (χ1n) is 8.00. The summed E-state index contributed by atoms with van der Waals surface area (Å²) < 4.78 is 5.08. The van der Waals surface area contributed by atoms with Crippen LogP contribution in [0.4, 0.5) is 17.1 Å². The van der Waals surface area contributed by atoms with E-state index in [0.29, 0.717) is 11.3 Å². The Morgan fingerprint density at radius 1 is 1.11 bits per heavy atom. The molecule has 0 unspecified atom stereocenters. The molecule has 0 radical (unpaired) electrons. The van der Waals surface area contributed by atoms with Crippen LogP contribution in [0.15, 0.2) is 42.5 Å². The van der Waals surface area contributed by atoms with E-state index < -0.39 is 10.8 Å². The fourth-order valence-electron chi connectivity index (χ4n) is 2.72. The van der Waals surface area contributed by atoms with Gasteiger partial charge in [-0.3, -0.25) is 29.4 Å². The number of hydrogen-bond acceptors (Lipinski definition) is 6. The Kier molecular flexibility index (Phi) is 4.84. The van der Waals surface area contributed by atoms with Gasteiger partial charge in [-0.1, -0.05) is 0 Å². The molecule has 27 heavy (non-hydrogen) atoms. The zero-order valence-corrected chi connectivity index (χ0v) is 14.3. The molecule has 0 saturated carbocycles. The molecule has 1 saturated heterocycles. The van der Waals surface area contributed by atoms with Gasteiger partial charge in [0.1, 0.15) is 5.75 Å². The van der Waals surface area contributed by atoms with E-state index in [1.165, 1.54) is 49.6 Å². The first-order valence-corrected chi connectivity index (χ1v) is 8.00. The summed E-state index contributed by atoms with van der Waals surface area (Å²) in [4.78, 5) is 47.3. The van der Waals surface area contributed by atoms with Crippen LogP contribution in [0.1, 0.15) is 23.2 Å². The lowest BCUT2D eigenvalue weighted by atomic mass is 10.1. The summed E-state index contributed by atoms with van der Waals surface area (Å²) in [6.45, 7) is 0. The largest absolute Gasteiger partial charge is 0.494 e. The molecule has 0 atom stereocenters. The number of methoxy groups -OCH3 is 1. The van der Waals surface area contributed by atoms with E-state index in [1.807, 2.05) is 0 Å². The van der Waals surface area contributed by atoms with Crippen molar-refractivity contribution in [2.45, 2.75) is 12.8 Å². The van der Waals surface area contributed by atoms with Crippen LogP contribution < -0.4 is 15.0 Å². The molecular weight excluding hydrogens is 354 g/mol. The molecule has 1 N–H and O–H groups in total. The van der Waals surface area contributed by atoms with Gasteiger partial charge >= 0.3 is 0 Å². The van der Waals surface area contributed by atoms with Crippen molar-refractivity contribution in [2.24, 2.45) is 0 Å². The summed E-state index contributed by atoms with van der Waals surface area (Å²) in [6, 6.07) is 9.86. The molecule has 0 bridgehead atoms. The predicted molar refractivity (Wildman–Crippen MR) is 95.8 cm³/mol. The minimum Gasteiger partial charge on any atom is -0.494 e. The fourth-order valence-corrected chi connectivity index (χ4v) is 2.72. The molecule has 1 aliphatic heterocycles. The lowest BCUT2D eigenvalue weighted by molar-refractivity contribution is -0.384. The number of nitro benzene ring substituents is 1. The summed E-state index contributed by atoms with van der Waals surface area (Å²) in [7, 11) is 1.34. The van der Waals surface area contributed by atoms with Crippen LogP contribution in [-0.4, -0.2) is 29.8 Å². The summed E-state index contributed by atoms with van der Waals surface area (Å²) in [5.41, 5.74) is 0.821. The molecule has 1 heterocycles. The van der Waals surface area contributed by atoms with Gasteiger partial charge in [-0.05, 0) is 30.3 Å². The number of carbonyl (C=O) groups excluding carboxylic acids is 3. The standard InChI is InChI=1S/C18H15N3O6/c1-27-15-10-13(21(25)26)6-7-14(15)19-18(24)11-2-4-12(5-3-11)20-16(22)8-9-17(20)23/h2-7,10H,8-9H2,1H3,(H,19,24). The molecule has 1 aliphatic rings. The number of nitro groups is 1. The third-order valence-corrected chi connectivity index (χ3v) is 4.08. The second-order valence-electron chi connectivity index (χ2n) is 5.77. The molecule has 3 rings (SSSR count). The smallest absolute Gasteiger partial charge is 0.273 e. The van der Waals surface area contributed by atoms with Crippen molar-refractivity contribution in [3.8, 4) is 5.75 Å². The number of nitrogens with one attached hydrogen (secondary N) is 1. The summed E-state index contributed by atoms with van der Waals surface area (Å²) in [6.07, 6.45) is 0.363. The topological polar surface area (TPSA) is 119 Å². The van der Waals surface area contributed by atoms with Crippen molar-refractivity contribution in [1.82, 2.24) is 0 Å². The number of nitrogens with zero attached hydrogens (tertiary/aromatic N) is 2. The third kappa shape index (κ3) is 3.61. The van der Waals surface area contributed by atoms with Gasteiger partial charge in [-0.25, -0.2) is 0 Å². The highest BCUT2D eigenvalue weighted by Gasteiger charge is 2.30. The van der Waals surface area contributed by atoms with E-state index in [2.05, 4.69) is 5.32 Å². The van der Waals surface area contributed by atoms with Crippen LogP contribution in [0.25, 0.3) is 0 Å². The van der Waals surface area contributed by atoms with E-state index in [1.54, 1.807) is 0 Å². The normalized spacial score (nSPS) is 13.6. The predicted octanol–water partition coefficient (Wildman–Crippen LogP) is 2.51. The average Bonchev–Trinajstić information content (AvgIpc) is 3.00. The Morgan fingerprint density at radius 3 is 2.30 bits per heavy atom. The Bertz CT molecular complexity index is 923. The average molecular weight is 369 g/mol. The number of carbonyl (C=O) groups is 3. The Morgan fingerprint density at radius 2 is 1.74 bits per heavy atom. The van der Waals surface area contributed by atoms with E-state index in [4.69, 9.17) is 4.74 Å². The van der Waals surface area contributed by atoms with Crippen LogP contribution in [0.5, 0.6) is 5.75 Å². The van der Waals surface area contributed by atoms with Crippen LogP contribution >= 0.6 is 0 Å². The first-order chi connectivity index (χ1) is 12.9. The first kappa shape index (κ1) is 18.1. The molecule has 3 amide bonds. The molecule has 0 aliphatic carbocycles. The molecule has 0 spiro atoms. The van der Waals surface area contributed by atoms with E-state index >= 15 is 0 Å². The second kappa shape index (κ2) is 7.24. The zero-order chi connectivity index (χ0) is 19.6. The highest BCUT2D eigenvalue weighted by molar-refractivity contribution is 6.20. The molecule has 2 aromatic rings. The van der Waals surface area contributed by atoms with Crippen molar-refractivity contribution in [3.05, 3.63) is 58.1 Å². The van der Waals surface area contributed by atoms with Gasteiger partial charge in [0.2, 0.25) is 11.8 Å². The number of imide groups is 1. The van der Waals surface area contributed by atoms with Crippen LogP contribution in [0.2, 0.25) is 0 Å². The van der Waals surface area contributed by atoms with Gasteiger partial charge in [0.25, 0.3) is 11.6 Å². The maximum Gasteiger partial charge on any atom is 0.273 e. The molecule has 9 heteroatoms. The van der Waals surface area contributed by atoms with Crippen molar-refractivity contribution in [2.75, 3.05) is 17.3 Å². The monoisotopic (exact) mass is 369 g/mol. The number of amides is 3. The zero-order valence-electron chi connectivity index (χ0n) is 14.3. The molecule has 2 aromatic carbocycles. The minimum atomic E-state index is -0.562. The summed E-state index contributed by atoms with van der Waals surface area (Å²) in [5, 5.41) is 13.4. The highest BCUT2D eigenvalue weighted by atomic mass is 16.6. The van der Waals surface area contributed by atoms with Gasteiger partial charge in [-0.15, -0.1) is 0 Å². The quantitative estimate of drug-likeness (QED) is 0.491. The van der Waals surface area contributed by atoms with Crippen molar-refractivity contribution in [3.63, 3.8) is 0 Å². The van der Waals surface area contributed by atoms with Gasteiger partial charge in [0, 0.05) is 24.5 Å². The van der Waals surface area contributed by atoms with Crippen LogP contribution in [0.3, 0.4) is 0 Å². The third-order valence-electron chi connectivity index (χ3n) is 4.08. The number of ether oxygens (including phenoxy) is 1. The van der Waals surface area contributed by atoms with Gasteiger partial charge < -0.3 is 10.1 Å². The molecule has 0 aromatic heterocycles. The fraction of sp³-hybridized carbons (Fsp3) is 0.167.